The molecule has 112 valence electrons. The zero-order valence-electron chi connectivity index (χ0n) is 13.2. The molecule has 2 aromatic carbocycles. The van der Waals surface area contributed by atoms with Crippen LogP contribution in [0.2, 0.25) is 0 Å². The van der Waals surface area contributed by atoms with Crippen molar-refractivity contribution in [1.29, 1.82) is 0 Å². The van der Waals surface area contributed by atoms with E-state index in [1.807, 2.05) is 23.7 Å². The number of aromatic nitrogens is 3. The number of hydrogen-bond donors (Lipinski definition) is 0. The molecule has 0 saturated carbocycles. The topological polar surface area (TPSA) is 30.7 Å². The van der Waals surface area contributed by atoms with Crippen LogP contribution in [0.4, 0.5) is 0 Å². The molecule has 0 aliphatic heterocycles. The number of benzene rings is 2. The summed E-state index contributed by atoms with van der Waals surface area (Å²) in [5, 5.41) is 4.63. The van der Waals surface area contributed by atoms with Crippen molar-refractivity contribution in [1.82, 2.24) is 14.8 Å². The molecule has 0 aliphatic rings. The third kappa shape index (κ3) is 2.71. The molecule has 3 rings (SSSR count). The summed E-state index contributed by atoms with van der Waals surface area (Å²) in [5.74, 6) is 1.64. The van der Waals surface area contributed by atoms with E-state index < -0.39 is 0 Å². The third-order valence-corrected chi connectivity index (χ3v) is 4.14. The van der Waals surface area contributed by atoms with E-state index in [2.05, 4.69) is 71.0 Å². The molecule has 0 spiro atoms. The molecular weight excluding hydrogens is 338 g/mol. The lowest BCUT2D eigenvalue weighted by molar-refractivity contribution is 0.854. The van der Waals surface area contributed by atoms with Gasteiger partial charge in [-0.3, -0.25) is 0 Å². The first-order valence-corrected chi connectivity index (χ1v) is 8.03. The van der Waals surface area contributed by atoms with E-state index in [1.54, 1.807) is 0 Å². The van der Waals surface area contributed by atoms with Crippen LogP contribution >= 0.6 is 15.9 Å². The zero-order chi connectivity index (χ0) is 15.9. The summed E-state index contributed by atoms with van der Waals surface area (Å²) in [5.41, 5.74) is 5.84. The summed E-state index contributed by atoms with van der Waals surface area (Å²) in [4.78, 5) is 4.63. The minimum atomic E-state index is 0.773. The van der Waals surface area contributed by atoms with E-state index in [0.717, 1.165) is 27.4 Å². The van der Waals surface area contributed by atoms with Crippen molar-refractivity contribution >= 4 is 15.9 Å². The first-order chi connectivity index (χ1) is 10.5. The van der Waals surface area contributed by atoms with Crippen molar-refractivity contribution in [3.63, 3.8) is 0 Å². The average molecular weight is 356 g/mol. The number of rotatable bonds is 2. The highest BCUT2D eigenvalue weighted by Gasteiger charge is 2.15. The van der Waals surface area contributed by atoms with Crippen LogP contribution in [0.1, 0.15) is 22.5 Å². The number of hydrogen-bond acceptors (Lipinski definition) is 2. The van der Waals surface area contributed by atoms with Gasteiger partial charge in [-0.1, -0.05) is 45.8 Å². The van der Waals surface area contributed by atoms with Gasteiger partial charge in [0.15, 0.2) is 5.82 Å². The Morgan fingerprint density at radius 2 is 1.64 bits per heavy atom. The lowest BCUT2D eigenvalue weighted by Crippen LogP contribution is -2.05. The number of halogens is 1. The Hall–Kier alpha value is -1.94. The van der Waals surface area contributed by atoms with Crippen molar-refractivity contribution in [3.8, 4) is 17.1 Å². The quantitative estimate of drug-likeness (QED) is 0.652. The van der Waals surface area contributed by atoms with E-state index in [0.29, 0.717) is 0 Å². The number of nitrogens with zero attached hydrogens (tertiary/aromatic N) is 3. The maximum Gasteiger partial charge on any atom is 0.163 e. The SMILES string of the molecule is Cc1cc(C)c(-n2nc(C)nc2-c2cccc(Br)c2)c(C)c1. The van der Waals surface area contributed by atoms with Crippen molar-refractivity contribution in [3.05, 3.63) is 63.4 Å². The predicted octanol–water partition coefficient (Wildman–Crippen LogP) is 4.93. The molecule has 0 N–H and O–H groups in total. The van der Waals surface area contributed by atoms with Gasteiger partial charge < -0.3 is 0 Å². The molecule has 0 atom stereocenters. The summed E-state index contributed by atoms with van der Waals surface area (Å²) in [6, 6.07) is 12.5. The molecule has 0 saturated heterocycles. The second kappa shape index (κ2) is 5.69. The second-order valence-electron chi connectivity index (χ2n) is 5.65. The van der Waals surface area contributed by atoms with Crippen LogP contribution in [0.5, 0.6) is 0 Å². The van der Waals surface area contributed by atoms with Gasteiger partial charge in [-0.15, -0.1) is 0 Å². The van der Waals surface area contributed by atoms with Crippen LogP contribution in [-0.2, 0) is 0 Å². The highest BCUT2D eigenvalue weighted by atomic mass is 79.9. The van der Waals surface area contributed by atoms with Gasteiger partial charge in [0.25, 0.3) is 0 Å². The van der Waals surface area contributed by atoms with Crippen LogP contribution < -0.4 is 0 Å². The van der Waals surface area contributed by atoms with Gasteiger partial charge >= 0.3 is 0 Å². The van der Waals surface area contributed by atoms with Crippen LogP contribution in [0.25, 0.3) is 17.1 Å². The summed E-state index contributed by atoms with van der Waals surface area (Å²) < 4.78 is 3.00. The van der Waals surface area contributed by atoms with E-state index in [-0.39, 0.29) is 0 Å². The van der Waals surface area contributed by atoms with Crippen molar-refractivity contribution in [2.24, 2.45) is 0 Å². The molecule has 3 aromatic rings. The lowest BCUT2D eigenvalue weighted by atomic mass is 10.0. The minimum Gasteiger partial charge on any atom is -0.212 e. The van der Waals surface area contributed by atoms with Gasteiger partial charge in [-0.25, -0.2) is 9.67 Å². The van der Waals surface area contributed by atoms with Crippen LogP contribution in [-0.4, -0.2) is 14.8 Å². The fourth-order valence-electron chi connectivity index (χ4n) is 2.89. The molecule has 0 aliphatic carbocycles. The molecule has 0 bridgehead atoms. The fourth-order valence-corrected chi connectivity index (χ4v) is 3.29. The molecule has 0 radical (unpaired) electrons. The summed E-state index contributed by atoms with van der Waals surface area (Å²) >= 11 is 3.53. The van der Waals surface area contributed by atoms with Crippen LogP contribution in [0.3, 0.4) is 0 Å². The molecule has 0 fully saturated rings. The molecule has 0 amide bonds. The first-order valence-electron chi connectivity index (χ1n) is 7.23. The molecule has 22 heavy (non-hydrogen) atoms. The Labute approximate surface area is 139 Å². The van der Waals surface area contributed by atoms with Gasteiger partial charge in [0.1, 0.15) is 5.82 Å². The molecule has 1 aromatic heterocycles. The summed E-state index contributed by atoms with van der Waals surface area (Å²) in [6.45, 7) is 8.29. The largest absolute Gasteiger partial charge is 0.212 e. The Morgan fingerprint density at radius 1 is 0.955 bits per heavy atom. The van der Waals surface area contributed by atoms with E-state index >= 15 is 0 Å². The Kier molecular flexibility index (Phi) is 3.87. The summed E-state index contributed by atoms with van der Waals surface area (Å²) in [7, 11) is 0. The summed E-state index contributed by atoms with van der Waals surface area (Å²) in [6.07, 6.45) is 0. The number of aryl methyl sites for hydroxylation is 4. The molecule has 1 heterocycles. The van der Waals surface area contributed by atoms with Gasteiger partial charge in [-0.05, 0) is 51.0 Å². The van der Waals surface area contributed by atoms with E-state index in [1.165, 1.54) is 16.7 Å². The highest BCUT2D eigenvalue weighted by molar-refractivity contribution is 9.10. The van der Waals surface area contributed by atoms with Crippen molar-refractivity contribution in [2.75, 3.05) is 0 Å². The molecule has 0 unspecified atom stereocenters. The Morgan fingerprint density at radius 3 is 2.27 bits per heavy atom. The fraction of sp³-hybridized carbons (Fsp3) is 0.222. The Balaban J connectivity index is 2.26. The monoisotopic (exact) mass is 355 g/mol. The van der Waals surface area contributed by atoms with Crippen LogP contribution in [0, 0.1) is 27.7 Å². The van der Waals surface area contributed by atoms with Gasteiger partial charge in [0, 0.05) is 10.0 Å². The van der Waals surface area contributed by atoms with Gasteiger partial charge in [0.2, 0.25) is 0 Å². The predicted molar refractivity (Wildman–Crippen MR) is 93.4 cm³/mol. The second-order valence-corrected chi connectivity index (χ2v) is 6.57. The first kappa shape index (κ1) is 15.0. The minimum absolute atomic E-state index is 0.773. The normalized spacial score (nSPS) is 11.0. The Bertz CT molecular complexity index is 826. The maximum atomic E-state index is 4.63. The average Bonchev–Trinajstić information content (AvgIpc) is 2.79. The van der Waals surface area contributed by atoms with Crippen molar-refractivity contribution in [2.45, 2.75) is 27.7 Å². The highest BCUT2D eigenvalue weighted by Crippen LogP contribution is 2.27. The lowest BCUT2D eigenvalue weighted by Gasteiger charge is -2.13. The molecule has 3 nitrogen and oxygen atoms in total. The molecule has 4 heteroatoms. The third-order valence-electron chi connectivity index (χ3n) is 3.64. The van der Waals surface area contributed by atoms with Gasteiger partial charge in [0.05, 0.1) is 5.69 Å². The maximum absolute atomic E-state index is 4.63. The molecular formula is C18H18BrN3. The zero-order valence-corrected chi connectivity index (χ0v) is 14.8. The standard InChI is InChI=1S/C18H18BrN3/c1-11-8-12(2)17(13(3)9-11)22-18(20-14(4)21-22)15-6-5-7-16(19)10-15/h5-10H,1-4H3. The van der Waals surface area contributed by atoms with E-state index in [4.69, 9.17) is 0 Å². The van der Waals surface area contributed by atoms with Gasteiger partial charge in [-0.2, -0.15) is 5.10 Å². The smallest absolute Gasteiger partial charge is 0.163 e. The van der Waals surface area contributed by atoms with Crippen molar-refractivity contribution < 1.29 is 0 Å². The van der Waals surface area contributed by atoms with Crippen LogP contribution in [0.15, 0.2) is 40.9 Å². The van der Waals surface area contributed by atoms with E-state index in [9.17, 15) is 0 Å².